The Hall–Kier alpha value is -0.800. The molecule has 2 rings (SSSR count). The first-order chi connectivity index (χ1) is 8.24. The number of benzene rings is 1. The first-order valence-corrected chi connectivity index (χ1v) is 6.46. The molecule has 0 fully saturated rings. The van der Waals surface area contributed by atoms with Gasteiger partial charge in [-0.2, -0.15) is 0 Å². The summed E-state index contributed by atoms with van der Waals surface area (Å²) >= 11 is 5.78. The maximum Gasteiger partial charge on any atom is 0.183 e. The number of hydrogen-bond acceptors (Lipinski definition) is 2. The van der Waals surface area contributed by atoms with Gasteiger partial charge >= 0.3 is 0 Å². The number of rotatable bonds is 3. The average Bonchev–Trinajstić information content (AvgIpc) is 2.54. The van der Waals surface area contributed by atoms with Gasteiger partial charge in [-0.25, -0.2) is 4.39 Å². The summed E-state index contributed by atoms with van der Waals surface area (Å²) < 4.78 is 19.3. The molecule has 1 aromatic rings. The molecule has 1 unspecified atom stereocenters. The van der Waals surface area contributed by atoms with Crippen LogP contribution in [0, 0.1) is 5.82 Å². The van der Waals surface area contributed by atoms with Gasteiger partial charge in [0.25, 0.3) is 0 Å². The second kappa shape index (κ2) is 5.69. The normalized spacial score (nSPS) is 19.4. The summed E-state index contributed by atoms with van der Waals surface area (Å²) in [6, 6.07) is 3.63. The van der Waals surface area contributed by atoms with Crippen molar-refractivity contribution < 1.29 is 9.13 Å². The lowest BCUT2D eigenvalue weighted by molar-refractivity contribution is 0.300. The second-order valence-electron chi connectivity index (χ2n) is 4.28. The standard InChI is InChI=1S/C13H17ClFNO/c1-2-7-16-11-4-3-8-17-13-9(11)5-6-10(14)12(13)15/h5-6,11,16H,2-4,7-8H2,1H3. The van der Waals surface area contributed by atoms with Crippen molar-refractivity contribution in [3.8, 4) is 5.75 Å². The number of nitrogens with one attached hydrogen (secondary N) is 1. The van der Waals surface area contributed by atoms with Gasteiger partial charge in [-0.1, -0.05) is 24.6 Å². The van der Waals surface area contributed by atoms with E-state index in [1.54, 1.807) is 6.07 Å². The molecule has 0 aliphatic carbocycles. The highest BCUT2D eigenvalue weighted by molar-refractivity contribution is 6.30. The lowest BCUT2D eigenvalue weighted by atomic mass is 10.0. The zero-order valence-corrected chi connectivity index (χ0v) is 10.7. The van der Waals surface area contributed by atoms with Gasteiger partial charge in [0.05, 0.1) is 11.6 Å². The van der Waals surface area contributed by atoms with E-state index in [1.807, 2.05) is 6.07 Å². The third-order valence-electron chi connectivity index (χ3n) is 2.98. The zero-order valence-electron chi connectivity index (χ0n) is 9.93. The molecule has 1 aliphatic heterocycles. The topological polar surface area (TPSA) is 21.3 Å². The molecule has 94 valence electrons. The van der Waals surface area contributed by atoms with Gasteiger partial charge in [-0.3, -0.25) is 0 Å². The van der Waals surface area contributed by atoms with Crippen LogP contribution in [-0.4, -0.2) is 13.2 Å². The largest absolute Gasteiger partial charge is 0.490 e. The Morgan fingerprint density at radius 1 is 1.53 bits per heavy atom. The van der Waals surface area contributed by atoms with Gasteiger partial charge in [0.15, 0.2) is 11.6 Å². The van der Waals surface area contributed by atoms with E-state index in [4.69, 9.17) is 16.3 Å². The van der Waals surface area contributed by atoms with Crippen LogP contribution in [0.3, 0.4) is 0 Å². The monoisotopic (exact) mass is 257 g/mol. The van der Waals surface area contributed by atoms with Crippen molar-refractivity contribution in [1.82, 2.24) is 5.32 Å². The first kappa shape index (κ1) is 12.7. The highest BCUT2D eigenvalue weighted by Crippen LogP contribution is 2.36. The Bertz CT molecular complexity index is 397. The summed E-state index contributed by atoms with van der Waals surface area (Å²) in [6.07, 6.45) is 2.95. The molecular formula is C13H17ClFNO. The highest BCUT2D eigenvalue weighted by atomic mass is 35.5. The van der Waals surface area contributed by atoms with Crippen molar-refractivity contribution >= 4 is 11.6 Å². The number of halogens is 2. The summed E-state index contributed by atoms with van der Waals surface area (Å²) in [4.78, 5) is 0. The fourth-order valence-corrected chi connectivity index (χ4v) is 2.26. The van der Waals surface area contributed by atoms with Gasteiger partial charge in [0.1, 0.15) is 0 Å². The highest BCUT2D eigenvalue weighted by Gasteiger charge is 2.23. The minimum absolute atomic E-state index is 0.125. The van der Waals surface area contributed by atoms with Crippen LogP contribution < -0.4 is 10.1 Å². The lowest BCUT2D eigenvalue weighted by Crippen LogP contribution is -2.21. The van der Waals surface area contributed by atoms with Crippen LogP contribution in [0.2, 0.25) is 5.02 Å². The van der Waals surface area contributed by atoms with Gasteiger partial charge in [-0.05, 0) is 31.9 Å². The predicted octanol–water partition coefficient (Wildman–Crippen LogP) is 3.69. The SMILES string of the molecule is CCCNC1CCCOc2c1ccc(Cl)c2F. The van der Waals surface area contributed by atoms with E-state index >= 15 is 0 Å². The number of hydrogen-bond donors (Lipinski definition) is 1. The number of fused-ring (bicyclic) bond motifs is 1. The molecule has 0 saturated heterocycles. The van der Waals surface area contributed by atoms with E-state index in [0.717, 1.165) is 31.4 Å². The molecule has 0 bridgehead atoms. The molecule has 1 heterocycles. The van der Waals surface area contributed by atoms with Crippen LogP contribution in [0.25, 0.3) is 0 Å². The van der Waals surface area contributed by atoms with Crippen LogP contribution in [0.15, 0.2) is 12.1 Å². The molecule has 0 spiro atoms. The van der Waals surface area contributed by atoms with Crippen molar-refractivity contribution in [3.05, 3.63) is 28.5 Å². The van der Waals surface area contributed by atoms with Crippen LogP contribution in [0.1, 0.15) is 37.8 Å². The van der Waals surface area contributed by atoms with E-state index in [9.17, 15) is 4.39 Å². The molecular weight excluding hydrogens is 241 g/mol. The summed E-state index contributed by atoms with van der Waals surface area (Å²) in [6.45, 7) is 3.59. The Kier molecular flexibility index (Phi) is 4.24. The van der Waals surface area contributed by atoms with Gasteiger partial charge < -0.3 is 10.1 Å². The van der Waals surface area contributed by atoms with Crippen LogP contribution in [0.4, 0.5) is 4.39 Å². The molecule has 2 nitrogen and oxygen atoms in total. The lowest BCUT2D eigenvalue weighted by Gasteiger charge is -2.18. The van der Waals surface area contributed by atoms with Gasteiger partial charge in [0.2, 0.25) is 0 Å². The van der Waals surface area contributed by atoms with E-state index in [-0.39, 0.29) is 11.1 Å². The van der Waals surface area contributed by atoms with E-state index in [0.29, 0.717) is 12.4 Å². The van der Waals surface area contributed by atoms with Gasteiger partial charge in [-0.15, -0.1) is 0 Å². The quantitative estimate of drug-likeness (QED) is 0.892. The molecule has 1 atom stereocenters. The molecule has 0 saturated carbocycles. The van der Waals surface area contributed by atoms with Crippen molar-refractivity contribution in [1.29, 1.82) is 0 Å². The third-order valence-corrected chi connectivity index (χ3v) is 3.27. The molecule has 0 radical (unpaired) electrons. The van der Waals surface area contributed by atoms with Crippen molar-refractivity contribution in [2.75, 3.05) is 13.2 Å². The Labute approximate surface area is 106 Å². The Morgan fingerprint density at radius 2 is 2.35 bits per heavy atom. The molecule has 17 heavy (non-hydrogen) atoms. The third kappa shape index (κ3) is 2.72. The predicted molar refractivity (Wildman–Crippen MR) is 67.2 cm³/mol. The minimum atomic E-state index is -0.436. The van der Waals surface area contributed by atoms with Crippen LogP contribution in [-0.2, 0) is 0 Å². The van der Waals surface area contributed by atoms with Gasteiger partial charge in [0, 0.05) is 11.6 Å². The smallest absolute Gasteiger partial charge is 0.183 e. The summed E-state index contributed by atoms with van der Waals surface area (Å²) in [5.41, 5.74) is 0.887. The summed E-state index contributed by atoms with van der Waals surface area (Å²) in [5.74, 6) is -0.113. The maximum absolute atomic E-state index is 13.9. The summed E-state index contributed by atoms with van der Waals surface area (Å²) in [7, 11) is 0. The Balaban J connectivity index is 2.32. The van der Waals surface area contributed by atoms with Crippen molar-refractivity contribution in [2.24, 2.45) is 0 Å². The first-order valence-electron chi connectivity index (χ1n) is 6.08. The molecule has 0 aromatic heterocycles. The van der Waals surface area contributed by atoms with Crippen molar-refractivity contribution in [3.63, 3.8) is 0 Å². The minimum Gasteiger partial charge on any atom is -0.490 e. The molecule has 4 heteroatoms. The fraction of sp³-hybridized carbons (Fsp3) is 0.538. The Morgan fingerprint density at radius 3 is 3.12 bits per heavy atom. The molecule has 0 amide bonds. The molecule has 1 N–H and O–H groups in total. The molecule has 1 aliphatic rings. The van der Waals surface area contributed by atoms with E-state index in [1.165, 1.54) is 0 Å². The zero-order chi connectivity index (χ0) is 12.3. The maximum atomic E-state index is 13.9. The number of ether oxygens (including phenoxy) is 1. The summed E-state index contributed by atoms with van der Waals surface area (Å²) in [5, 5.41) is 3.55. The average molecular weight is 258 g/mol. The van der Waals surface area contributed by atoms with Crippen LogP contribution in [0.5, 0.6) is 5.75 Å². The van der Waals surface area contributed by atoms with Crippen molar-refractivity contribution in [2.45, 2.75) is 32.2 Å². The second-order valence-corrected chi connectivity index (χ2v) is 4.68. The fourth-order valence-electron chi connectivity index (χ4n) is 2.12. The van der Waals surface area contributed by atoms with Crippen LogP contribution >= 0.6 is 11.6 Å². The van der Waals surface area contributed by atoms with E-state index in [2.05, 4.69) is 12.2 Å². The van der Waals surface area contributed by atoms with E-state index < -0.39 is 5.82 Å². The molecule has 1 aromatic carbocycles.